The van der Waals surface area contributed by atoms with Gasteiger partial charge in [0.1, 0.15) is 5.82 Å². The highest BCUT2D eigenvalue weighted by Gasteiger charge is 2.30. The summed E-state index contributed by atoms with van der Waals surface area (Å²) in [7, 11) is -4.29. The van der Waals surface area contributed by atoms with Crippen molar-refractivity contribution in [3.63, 3.8) is 0 Å². The molecule has 1 aromatic heterocycles. The van der Waals surface area contributed by atoms with Gasteiger partial charge in [0.2, 0.25) is 0 Å². The van der Waals surface area contributed by atoms with E-state index >= 15 is 0 Å². The van der Waals surface area contributed by atoms with Crippen molar-refractivity contribution in [3.8, 4) is 0 Å². The average molecular weight is 499 g/mol. The molecule has 0 radical (unpaired) electrons. The fourth-order valence-corrected chi connectivity index (χ4v) is 4.03. The highest BCUT2D eigenvalue weighted by Crippen LogP contribution is 2.31. The number of halogens is 4. The van der Waals surface area contributed by atoms with Crippen molar-refractivity contribution < 1.29 is 26.4 Å². The lowest BCUT2D eigenvalue weighted by Gasteiger charge is -2.13. The third kappa shape index (κ3) is 6.59. The predicted molar refractivity (Wildman–Crippen MR) is 119 cm³/mol. The van der Waals surface area contributed by atoms with Crippen LogP contribution < -0.4 is 15.4 Å². The third-order valence-corrected chi connectivity index (χ3v) is 6.02. The molecule has 0 aliphatic heterocycles. The van der Waals surface area contributed by atoms with Crippen LogP contribution in [0.1, 0.15) is 15.9 Å². The van der Waals surface area contributed by atoms with Gasteiger partial charge in [0.25, 0.3) is 15.9 Å². The van der Waals surface area contributed by atoms with Gasteiger partial charge < -0.3 is 10.6 Å². The molecule has 0 saturated heterocycles. The number of amides is 1. The van der Waals surface area contributed by atoms with Crippen LogP contribution in [0.2, 0.25) is 5.02 Å². The minimum atomic E-state index is -4.63. The van der Waals surface area contributed by atoms with Crippen LogP contribution >= 0.6 is 11.6 Å². The SMILES string of the molecule is O=C(NCCNc1ccccn1)c1cc(S(=O)(=O)Nc2cccc(C(F)(F)F)c2)ccc1Cl. The number of hydrogen-bond donors (Lipinski definition) is 3. The van der Waals surface area contributed by atoms with Crippen LogP contribution in [-0.4, -0.2) is 32.4 Å². The molecule has 0 saturated carbocycles. The molecule has 1 heterocycles. The van der Waals surface area contributed by atoms with E-state index in [-0.39, 0.29) is 27.7 Å². The Morgan fingerprint density at radius 1 is 1.00 bits per heavy atom. The van der Waals surface area contributed by atoms with Crippen molar-refractivity contribution in [2.45, 2.75) is 11.1 Å². The topological polar surface area (TPSA) is 100 Å². The molecule has 2 aromatic carbocycles. The Kier molecular flexibility index (Phi) is 7.44. The Labute approximate surface area is 193 Å². The molecule has 33 heavy (non-hydrogen) atoms. The zero-order valence-electron chi connectivity index (χ0n) is 16.9. The molecule has 3 rings (SSSR count). The molecule has 1 amide bonds. The number of sulfonamides is 1. The second-order valence-corrected chi connectivity index (χ2v) is 8.81. The zero-order valence-corrected chi connectivity index (χ0v) is 18.4. The van der Waals surface area contributed by atoms with Gasteiger partial charge in [-0.05, 0) is 48.5 Å². The van der Waals surface area contributed by atoms with Crippen LogP contribution in [0.3, 0.4) is 0 Å². The van der Waals surface area contributed by atoms with Gasteiger partial charge in [-0.1, -0.05) is 23.7 Å². The quantitative estimate of drug-likeness (QED) is 0.400. The second-order valence-electron chi connectivity index (χ2n) is 6.72. The van der Waals surface area contributed by atoms with E-state index in [1.165, 1.54) is 12.1 Å². The number of benzene rings is 2. The molecule has 0 aliphatic carbocycles. The molecule has 3 N–H and O–H groups in total. The number of pyridine rings is 1. The first-order valence-electron chi connectivity index (χ1n) is 9.49. The Hall–Kier alpha value is -3.31. The fraction of sp³-hybridized carbons (Fsp3) is 0.143. The normalized spacial score (nSPS) is 11.6. The summed E-state index contributed by atoms with van der Waals surface area (Å²) in [5, 5.41) is 5.62. The van der Waals surface area contributed by atoms with Crippen molar-refractivity contribution in [1.82, 2.24) is 10.3 Å². The maximum Gasteiger partial charge on any atom is 0.416 e. The fourth-order valence-electron chi connectivity index (χ4n) is 2.75. The molecule has 174 valence electrons. The summed E-state index contributed by atoms with van der Waals surface area (Å²) in [4.78, 5) is 16.2. The van der Waals surface area contributed by atoms with Crippen molar-refractivity contribution in [2.75, 3.05) is 23.1 Å². The van der Waals surface area contributed by atoms with E-state index in [0.717, 1.165) is 24.3 Å². The molecule has 3 aromatic rings. The number of aromatic nitrogens is 1. The zero-order chi connectivity index (χ0) is 24.1. The van der Waals surface area contributed by atoms with Gasteiger partial charge in [0.05, 0.1) is 21.0 Å². The summed E-state index contributed by atoms with van der Waals surface area (Å²) >= 11 is 6.05. The summed E-state index contributed by atoms with van der Waals surface area (Å²) in [6.07, 6.45) is -3.02. The molecule has 0 bridgehead atoms. The maximum atomic E-state index is 12.9. The van der Waals surface area contributed by atoms with Crippen LogP contribution in [0.15, 0.2) is 71.8 Å². The smallest absolute Gasteiger partial charge is 0.368 e. The van der Waals surface area contributed by atoms with Gasteiger partial charge in [0, 0.05) is 25.0 Å². The molecule has 0 aliphatic rings. The van der Waals surface area contributed by atoms with Crippen LogP contribution in [-0.2, 0) is 16.2 Å². The summed E-state index contributed by atoms with van der Waals surface area (Å²) in [6, 6.07) is 12.5. The lowest BCUT2D eigenvalue weighted by molar-refractivity contribution is -0.137. The van der Waals surface area contributed by atoms with E-state index in [1.807, 2.05) is 0 Å². The first kappa shape index (κ1) is 24.3. The summed E-state index contributed by atoms with van der Waals surface area (Å²) in [5.74, 6) is 0.0116. The molecule has 7 nitrogen and oxygen atoms in total. The van der Waals surface area contributed by atoms with E-state index < -0.39 is 27.7 Å². The summed E-state index contributed by atoms with van der Waals surface area (Å²) < 4.78 is 66.1. The van der Waals surface area contributed by atoms with Crippen molar-refractivity contribution in [1.29, 1.82) is 0 Å². The first-order valence-corrected chi connectivity index (χ1v) is 11.3. The molecule has 0 unspecified atom stereocenters. The van der Waals surface area contributed by atoms with Crippen molar-refractivity contribution >= 4 is 39.0 Å². The Bertz CT molecular complexity index is 1240. The molecular formula is C21H18ClF3N4O3S. The van der Waals surface area contributed by atoms with Gasteiger partial charge in [0.15, 0.2) is 0 Å². The maximum absolute atomic E-state index is 12.9. The molecule has 0 fully saturated rings. The van der Waals surface area contributed by atoms with Crippen LogP contribution in [0.25, 0.3) is 0 Å². The Balaban J connectivity index is 1.70. The monoisotopic (exact) mass is 498 g/mol. The number of nitrogens with one attached hydrogen (secondary N) is 3. The minimum absolute atomic E-state index is 0.0169. The highest BCUT2D eigenvalue weighted by molar-refractivity contribution is 7.92. The van der Waals surface area contributed by atoms with Crippen LogP contribution in [0.4, 0.5) is 24.7 Å². The van der Waals surface area contributed by atoms with Gasteiger partial charge in [-0.15, -0.1) is 0 Å². The molecule has 0 atom stereocenters. The standard InChI is InChI=1S/C21H18ClF3N4O3S/c22-18-8-7-16(33(31,32)29-15-5-3-4-14(12-15)21(23,24)25)13-17(18)20(30)28-11-10-27-19-6-1-2-9-26-19/h1-9,12-13,29H,10-11H2,(H,26,27)(H,28,30). The van der Waals surface area contributed by atoms with Gasteiger partial charge >= 0.3 is 6.18 Å². The van der Waals surface area contributed by atoms with Crippen molar-refractivity contribution in [3.05, 3.63) is 83.0 Å². The Morgan fingerprint density at radius 3 is 2.48 bits per heavy atom. The number of alkyl halides is 3. The number of carbonyl (C=O) groups is 1. The van der Waals surface area contributed by atoms with Gasteiger partial charge in [-0.2, -0.15) is 13.2 Å². The molecular weight excluding hydrogens is 481 g/mol. The third-order valence-electron chi connectivity index (χ3n) is 4.32. The first-order chi connectivity index (χ1) is 15.6. The predicted octanol–water partition coefficient (Wildman–Crippen LogP) is 4.40. The van der Waals surface area contributed by atoms with Gasteiger partial charge in [-0.3, -0.25) is 9.52 Å². The number of nitrogens with zero attached hydrogens (tertiary/aromatic N) is 1. The second kappa shape index (κ2) is 10.1. The van der Waals surface area contributed by atoms with E-state index in [2.05, 4.69) is 20.3 Å². The van der Waals surface area contributed by atoms with E-state index in [1.54, 1.807) is 24.4 Å². The lowest BCUT2D eigenvalue weighted by atomic mass is 10.2. The number of anilines is 2. The molecule has 12 heteroatoms. The summed E-state index contributed by atoms with van der Waals surface area (Å²) in [6.45, 7) is 0.556. The van der Waals surface area contributed by atoms with Crippen molar-refractivity contribution in [2.24, 2.45) is 0 Å². The van der Waals surface area contributed by atoms with Crippen LogP contribution in [0, 0.1) is 0 Å². The van der Waals surface area contributed by atoms with E-state index in [9.17, 15) is 26.4 Å². The molecule has 0 spiro atoms. The average Bonchev–Trinajstić information content (AvgIpc) is 2.77. The van der Waals surface area contributed by atoms with E-state index in [0.29, 0.717) is 18.4 Å². The largest absolute Gasteiger partial charge is 0.416 e. The van der Waals surface area contributed by atoms with E-state index in [4.69, 9.17) is 11.6 Å². The summed E-state index contributed by atoms with van der Waals surface area (Å²) in [5.41, 5.74) is -1.37. The number of hydrogen-bond acceptors (Lipinski definition) is 5. The van der Waals surface area contributed by atoms with Crippen LogP contribution in [0.5, 0.6) is 0 Å². The number of rotatable bonds is 8. The number of carbonyl (C=O) groups excluding carboxylic acids is 1. The van der Waals surface area contributed by atoms with Gasteiger partial charge in [-0.25, -0.2) is 13.4 Å². The Morgan fingerprint density at radius 2 is 1.79 bits per heavy atom. The minimum Gasteiger partial charge on any atom is -0.368 e. The lowest BCUT2D eigenvalue weighted by Crippen LogP contribution is -2.29. The highest BCUT2D eigenvalue weighted by atomic mass is 35.5.